The van der Waals surface area contributed by atoms with E-state index < -0.39 is 0 Å². The van der Waals surface area contributed by atoms with Gasteiger partial charge >= 0.3 is 0 Å². The van der Waals surface area contributed by atoms with Crippen LogP contribution in [0.1, 0.15) is 23.8 Å². The lowest BCUT2D eigenvalue weighted by Gasteiger charge is -2.04. The number of halogens is 1. The van der Waals surface area contributed by atoms with Crippen molar-refractivity contribution in [3.05, 3.63) is 29.6 Å². The number of aryl methyl sites for hydroxylation is 1. The van der Waals surface area contributed by atoms with Crippen molar-refractivity contribution in [2.24, 2.45) is 0 Å². The Morgan fingerprint density at radius 2 is 2.55 bits per heavy atom. The molecule has 0 bridgehead atoms. The van der Waals surface area contributed by atoms with E-state index in [9.17, 15) is 0 Å². The number of fused-ring (bicyclic) bond motifs is 1. The quantitative estimate of drug-likeness (QED) is 0.724. The fourth-order valence-corrected chi connectivity index (χ4v) is 1.96. The zero-order valence-electron chi connectivity index (χ0n) is 5.96. The van der Waals surface area contributed by atoms with Crippen LogP contribution in [0, 0.1) is 0 Å². The molecule has 1 aromatic heterocycles. The zero-order valence-corrected chi connectivity index (χ0v) is 8.11. The number of rotatable bonds is 1. The highest BCUT2D eigenvalue weighted by Gasteiger charge is 2.23. The van der Waals surface area contributed by atoms with Crippen molar-refractivity contribution in [1.29, 1.82) is 0 Å². The van der Waals surface area contributed by atoms with Crippen molar-refractivity contribution in [2.75, 3.05) is 0 Å². The van der Waals surface area contributed by atoms with Gasteiger partial charge < -0.3 is 3.07 Å². The van der Waals surface area contributed by atoms with Crippen LogP contribution in [0.4, 0.5) is 0 Å². The van der Waals surface area contributed by atoms with Gasteiger partial charge in [-0.15, -0.1) is 0 Å². The van der Waals surface area contributed by atoms with Gasteiger partial charge in [-0.1, -0.05) is 6.07 Å². The number of hydrogen-bond acceptors (Lipinski definition) is 2. The van der Waals surface area contributed by atoms with E-state index >= 15 is 0 Å². The predicted octanol–water partition coefficient (Wildman–Crippen LogP) is 2.44. The third-order valence-electron chi connectivity index (χ3n) is 2.01. The van der Waals surface area contributed by atoms with Crippen LogP contribution in [-0.2, 0) is 9.49 Å². The molecule has 0 saturated heterocycles. The Kier molecular flexibility index (Phi) is 2.09. The third kappa shape index (κ3) is 1.27. The Labute approximate surface area is 79.7 Å². The van der Waals surface area contributed by atoms with Gasteiger partial charge in [0.15, 0.2) is 0 Å². The van der Waals surface area contributed by atoms with E-state index in [1.165, 1.54) is 5.56 Å². The fourth-order valence-electron chi connectivity index (χ4n) is 1.46. The first kappa shape index (κ1) is 7.49. The maximum Gasteiger partial charge on any atom is 0.112 e. The summed E-state index contributed by atoms with van der Waals surface area (Å²) in [5.41, 5.74) is 2.47. The molecule has 58 valence electrons. The molecule has 0 radical (unpaired) electrons. The Morgan fingerprint density at radius 3 is 3.36 bits per heavy atom. The lowest BCUT2D eigenvalue weighted by atomic mass is 10.2. The molecule has 1 atom stereocenters. The Hall–Kier alpha value is -0.160. The molecule has 0 aromatic carbocycles. The second-order valence-corrected chi connectivity index (χ2v) is 3.17. The van der Waals surface area contributed by atoms with Crippen molar-refractivity contribution in [1.82, 2.24) is 4.98 Å². The van der Waals surface area contributed by atoms with Crippen LogP contribution in [0.25, 0.3) is 0 Å². The summed E-state index contributed by atoms with van der Waals surface area (Å²) in [7, 11) is 0. The largest absolute Gasteiger partial charge is 0.306 e. The van der Waals surface area contributed by atoms with Gasteiger partial charge in [-0.2, -0.15) is 0 Å². The van der Waals surface area contributed by atoms with Crippen molar-refractivity contribution >= 4 is 23.0 Å². The van der Waals surface area contributed by atoms with Gasteiger partial charge in [-0.25, -0.2) is 0 Å². The number of hydrogen-bond donors (Lipinski definition) is 0. The second-order valence-electron chi connectivity index (χ2n) is 2.66. The van der Waals surface area contributed by atoms with Crippen molar-refractivity contribution in [3.8, 4) is 0 Å². The molecule has 0 N–H and O–H groups in total. The molecule has 2 rings (SSSR count). The summed E-state index contributed by atoms with van der Waals surface area (Å²) in [6.07, 6.45) is 4.24. The topological polar surface area (TPSA) is 22.1 Å². The maximum absolute atomic E-state index is 5.25. The molecular formula is C8H8INO. The summed E-state index contributed by atoms with van der Waals surface area (Å²) in [6.45, 7) is 0. The molecular weight excluding hydrogens is 253 g/mol. The molecule has 1 aliphatic rings. The fraction of sp³-hybridized carbons (Fsp3) is 0.375. The summed E-state index contributed by atoms with van der Waals surface area (Å²) >= 11 is 1.95. The van der Waals surface area contributed by atoms with Gasteiger partial charge in [0.1, 0.15) is 29.1 Å². The van der Waals surface area contributed by atoms with Crippen LogP contribution in [0.2, 0.25) is 0 Å². The van der Waals surface area contributed by atoms with Crippen molar-refractivity contribution in [3.63, 3.8) is 0 Å². The summed E-state index contributed by atoms with van der Waals surface area (Å²) < 4.78 is 5.25. The molecule has 0 amide bonds. The summed E-state index contributed by atoms with van der Waals surface area (Å²) in [6, 6.07) is 4.10. The van der Waals surface area contributed by atoms with E-state index in [1.807, 2.05) is 35.3 Å². The molecule has 0 fully saturated rings. The monoisotopic (exact) mass is 261 g/mol. The van der Waals surface area contributed by atoms with Crippen LogP contribution in [0.15, 0.2) is 18.3 Å². The average molecular weight is 261 g/mol. The van der Waals surface area contributed by atoms with E-state index in [2.05, 4.69) is 11.1 Å². The SMILES string of the molecule is IOC1CCc2cccnc21. The Balaban J connectivity index is 2.39. The minimum Gasteiger partial charge on any atom is -0.306 e. The van der Waals surface area contributed by atoms with Gasteiger partial charge in [0, 0.05) is 6.20 Å². The molecule has 1 heterocycles. The lowest BCUT2D eigenvalue weighted by Crippen LogP contribution is -1.94. The van der Waals surface area contributed by atoms with Crippen LogP contribution in [0.3, 0.4) is 0 Å². The van der Waals surface area contributed by atoms with Gasteiger partial charge in [-0.05, 0) is 24.5 Å². The molecule has 1 aromatic rings. The molecule has 3 heteroatoms. The summed E-state index contributed by atoms with van der Waals surface area (Å²) in [5, 5.41) is 0. The standard InChI is InChI=1S/C8H8INO/c9-11-7-4-3-6-2-1-5-10-8(6)7/h1-2,5,7H,3-4H2. The summed E-state index contributed by atoms with van der Waals surface area (Å²) in [4.78, 5) is 4.28. The number of pyridine rings is 1. The maximum atomic E-state index is 5.25. The second kappa shape index (κ2) is 3.06. The van der Waals surface area contributed by atoms with Crippen molar-refractivity contribution < 1.29 is 3.07 Å². The van der Waals surface area contributed by atoms with Gasteiger partial charge in [0.2, 0.25) is 0 Å². The van der Waals surface area contributed by atoms with E-state index in [-0.39, 0.29) is 6.10 Å². The third-order valence-corrected chi connectivity index (χ3v) is 2.63. The minimum absolute atomic E-state index is 0.229. The highest BCUT2D eigenvalue weighted by Crippen LogP contribution is 2.33. The minimum atomic E-state index is 0.229. The molecule has 0 saturated carbocycles. The normalized spacial score (nSPS) is 21.7. The Morgan fingerprint density at radius 1 is 1.64 bits per heavy atom. The van der Waals surface area contributed by atoms with Crippen LogP contribution >= 0.6 is 23.0 Å². The van der Waals surface area contributed by atoms with E-state index in [4.69, 9.17) is 3.07 Å². The summed E-state index contributed by atoms with van der Waals surface area (Å²) in [5.74, 6) is 0. The number of nitrogens with zero attached hydrogens (tertiary/aromatic N) is 1. The van der Waals surface area contributed by atoms with Gasteiger partial charge in [0.05, 0.1) is 5.69 Å². The van der Waals surface area contributed by atoms with Gasteiger partial charge in [-0.3, -0.25) is 4.98 Å². The zero-order chi connectivity index (χ0) is 7.68. The van der Waals surface area contributed by atoms with E-state index in [1.54, 1.807) is 0 Å². The van der Waals surface area contributed by atoms with Crippen LogP contribution < -0.4 is 0 Å². The Bertz CT molecular complexity index is 264. The smallest absolute Gasteiger partial charge is 0.112 e. The van der Waals surface area contributed by atoms with Crippen LogP contribution in [0.5, 0.6) is 0 Å². The van der Waals surface area contributed by atoms with Crippen molar-refractivity contribution in [2.45, 2.75) is 18.9 Å². The lowest BCUT2D eigenvalue weighted by molar-refractivity contribution is 0.286. The van der Waals surface area contributed by atoms with E-state index in [0.717, 1.165) is 18.5 Å². The first-order valence-corrected chi connectivity index (χ1v) is 4.51. The first-order chi connectivity index (χ1) is 5.42. The highest BCUT2D eigenvalue weighted by atomic mass is 127. The average Bonchev–Trinajstić information content (AvgIpc) is 2.47. The number of aromatic nitrogens is 1. The highest BCUT2D eigenvalue weighted by molar-refractivity contribution is 14.1. The van der Waals surface area contributed by atoms with E-state index in [0.29, 0.717) is 0 Å². The molecule has 2 nitrogen and oxygen atoms in total. The van der Waals surface area contributed by atoms with Gasteiger partial charge in [0.25, 0.3) is 0 Å². The molecule has 0 aliphatic heterocycles. The molecule has 1 aliphatic carbocycles. The molecule has 0 spiro atoms. The predicted molar refractivity (Wildman–Crippen MR) is 50.4 cm³/mol. The molecule has 1 unspecified atom stereocenters. The van der Waals surface area contributed by atoms with Crippen LogP contribution in [-0.4, -0.2) is 4.98 Å². The first-order valence-electron chi connectivity index (χ1n) is 3.63. The molecule has 11 heavy (non-hydrogen) atoms.